The molecule has 2 aliphatic heterocycles. The first-order chi connectivity index (χ1) is 28.3. The number of thiocarbonyl (C=S) groups is 1. The third-order valence-electron chi connectivity index (χ3n) is 11.5. The number of rotatable bonds is 21. The van der Waals surface area contributed by atoms with Crippen LogP contribution in [0.15, 0.2) is 103 Å². The summed E-state index contributed by atoms with van der Waals surface area (Å²) in [4.78, 5) is 30.8. The monoisotopic (exact) mass is 825 g/mol. The highest BCUT2D eigenvalue weighted by Crippen LogP contribution is 2.48. The van der Waals surface area contributed by atoms with Gasteiger partial charge in [-0.1, -0.05) is 143 Å². The molecule has 2 saturated heterocycles. The van der Waals surface area contributed by atoms with Crippen LogP contribution in [0.4, 0.5) is 0 Å². The molecule has 0 unspecified atom stereocenters. The summed E-state index contributed by atoms with van der Waals surface area (Å²) in [5.41, 5.74) is -1.08. The quantitative estimate of drug-likeness (QED) is 0.0491. The van der Waals surface area contributed by atoms with Crippen LogP contribution in [-0.4, -0.2) is 63.3 Å². The molecule has 0 radical (unpaired) electrons. The number of esters is 1. The lowest BCUT2D eigenvalue weighted by atomic mass is 9.75. The molecule has 1 N–H and O–H groups in total. The van der Waals surface area contributed by atoms with E-state index in [4.69, 9.17) is 31.2 Å². The molecule has 2 fully saturated rings. The topological polar surface area (TPSA) is 94.5 Å². The molecule has 59 heavy (non-hydrogen) atoms. The number of carbonyl (C=O) groups is 2. The van der Waals surface area contributed by atoms with E-state index in [0.717, 1.165) is 68.9 Å². The maximum Gasteiger partial charge on any atom is 0.339 e. The molecule has 8 nitrogen and oxygen atoms in total. The molecule has 3 atom stereocenters. The highest BCUT2D eigenvalue weighted by molar-refractivity contribution is 7.80. The van der Waals surface area contributed by atoms with Crippen molar-refractivity contribution in [2.24, 2.45) is 11.8 Å². The first-order valence-corrected chi connectivity index (χ1v) is 22.3. The molecule has 9 heteroatoms. The molecular formula is C50H67NO7S. The Morgan fingerprint density at radius 2 is 1.39 bits per heavy atom. The van der Waals surface area contributed by atoms with E-state index < -0.39 is 46.4 Å². The van der Waals surface area contributed by atoms with Crippen LogP contribution in [0.2, 0.25) is 0 Å². The van der Waals surface area contributed by atoms with E-state index in [1.165, 1.54) is 10.5 Å². The van der Waals surface area contributed by atoms with Crippen LogP contribution in [0.3, 0.4) is 0 Å². The van der Waals surface area contributed by atoms with E-state index >= 15 is 4.79 Å². The number of allylic oxidation sites excluding steroid dienone is 1. The molecule has 5 rings (SSSR count). The van der Waals surface area contributed by atoms with Crippen LogP contribution in [0.25, 0.3) is 0 Å². The van der Waals surface area contributed by atoms with Crippen molar-refractivity contribution in [2.75, 3.05) is 13.2 Å². The normalized spacial score (nSPS) is 19.2. The zero-order valence-corrected chi connectivity index (χ0v) is 37.0. The van der Waals surface area contributed by atoms with Crippen molar-refractivity contribution < 1.29 is 33.6 Å². The zero-order chi connectivity index (χ0) is 42.5. The third-order valence-corrected chi connectivity index (χ3v) is 11.8. The van der Waals surface area contributed by atoms with Gasteiger partial charge in [-0.15, -0.1) is 0 Å². The molecule has 1 amide bonds. The van der Waals surface area contributed by atoms with E-state index in [2.05, 4.69) is 30.3 Å². The van der Waals surface area contributed by atoms with Gasteiger partial charge < -0.3 is 24.1 Å². The van der Waals surface area contributed by atoms with Crippen molar-refractivity contribution in [1.29, 1.82) is 0 Å². The summed E-state index contributed by atoms with van der Waals surface area (Å²) in [7, 11) is 0. The number of carbonyl (C=O) groups excluding carboxylic acids is 2. The lowest BCUT2D eigenvalue weighted by Crippen LogP contribution is -2.57. The number of unbranched alkanes of at least 4 members (excludes halogenated alkanes) is 5. The first-order valence-electron chi connectivity index (χ1n) is 21.9. The summed E-state index contributed by atoms with van der Waals surface area (Å²) >= 11 is 5.96. The Bertz CT molecular complexity index is 1760. The number of benzene rings is 3. The molecule has 3 aromatic rings. The standard InChI is InChI=1S/C50H67NO7S/c1-7-33-49(54,45(53)57-47(4,5)6)42(32-21-10-8-9-11-23-34-48(55-36-37-56-48)35-24-22-27-39-25-15-12-16-26-39)44(52)51-43(38(2)3)50(58-46(51)59,40-28-17-13-18-29-40)41-30-19-14-20-31-41/h12-21,25-26,28-32,38,42-43,54H,7-11,22-24,27,33-37H2,1-6H3/b32-21+/t42-,43+,49+/m1/s1. The number of hydrogen-bond acceptors (Lipinski definition) is 8. The maximum atomic E-state index is 15.3. The Balaban J connectivity index is 1.31. The number of nitrogens with zero attached hydrogens (tertiary/aromatic N) is 1. The number of aryl methyl sites for hydroxylation is 1. The van der Waals surface area contributed by atoms with Crippen molar-refractivity contribution >= 4 is 29.3 Å². The summed E-state index contributed by atoms with van der Waals surface area (Å²) in [5.74, 6) is -3.22. The van der Waals surface area contributed by atoms with Crippen LogP contribution in [0, 0.1) is 11.8 Å². The smallest absolute Gasteiger partial charge is 0.339 e. The van der Waals surface area contributed by atoms with Crippen LogP contribution in [0.5, 0.6) is 0 Å². The molecule has 2 aliphatic rings. The van der Waals surface area contributed by atoms with Gasteiger partial charge in [0, 0.05) is 24.0 Å². The number of ether oxygens (including phenoxy) is 4. The molecule has 0 aliphatic carbocycles. The van der Waals surface area contributed by atoms with Gasteiger partial charge in [-0.25, -0.2) is 4.79 Å². The summed E-state index contributed by atoms with van der Waals surface area (Å²) < 4.78 is 24.9. The van der Waals surface area contributed by atoms with Crippen LogP contribution < -0.4 is 0 Å². The van der Waals surface area contributed by atoms with Gasteiger partial charge in [0.2, 0.25) is 5.91 Å². The summed E-state index contributed by atoms with van der Waals surface area (Å²) in [6.07, 6.45) is 13.6. The first kappa shape index (κ1) is 46.2. The van der Waals surface area contributed by atoms with E-state index in [9.17, 15) is 9.90 Å². The van der Waals surface area contributed by atoms with Crippen molar-refractivity contribution in [3.8, 4) is 0 Å². The van der Waals surface area contributed by atoms with Gasteiger partial charge in [0.15, 0.2) is 17.0 Å². The molecule has 0 bridgehead atoms. The maximum absolute atomic E-state index is 15.3. The van der Waals surface area contributed by atoms with Gasteiger partial charge >= 0.3 is 5.97 Å². The third kappa shape index (κ3) is 11.5. The highest BCUT2D eigenvalue weighted by atomic mass is 32.1. The summed E-state index contributed by atoms with van der Waals surface area (Å²) in [5, 5.41) is 12.5. The molecule has 3 aromatic carbocycles. The minimum Gasteiger partial charge on any atom is -0.458 e. The number of aliphatic hydroxyl groups is 1. The predicted octanol–water partition coefficient (Wildman–Crippen LogP) is 10.6. The van der Waals surface area contributed by atoms with Gasteiger partial charge in [-0.05, 0) is 89.4 Å². The Kier molecular flexibility index (Phi) is 16.5. The summed E-state index contributed by atoms with van der Waals surface area (Å²) in [6, 6.07) is 29.7. The van der Waals surface area contributed by atoms with Gasteiger partial charge in [-0.2, -0.15) is 0 Å². The van der Waals surface area contributed by atoms with E-state index in [0.29, 0.717) is 26.1 Å². The Labute approximate surface area is 358 Å². The second kappa shape index (κ2) is 21.1. The molecule has 0 saturated carbocycles. The fourth-order valence-electron chi connectivity index (χ4n) is 8.78. The average molecular weight is 826 g/mol. The Morgan fingerprint density at radius 1 is 0.847 bits per heavy atom. The van der Waals surface area contributed by atoms with Crippen LogP contribution in [0.1, 0.15) is 129 Å². The lowest BCUT2D eigenvalue weighted by molar-refractivity contribution is -0.185. The second-order valence-corrected chi connectivity index (χ2v) is 17.9. The highest BCUT2D eigenvalue weighted by Gasteiger charge is 2.60. The van der Waals surface area contributed by atoms with Crippen molar-refractivity contribution in [3.05, 3.63) is 120 Å². The second-order valence-electron chi connectivity index (χ2n) is 17.6. The van der Waals surface area contributed by atoms with Crippen molar-refractivity contribution in [2.45, 2.75) is 147 Å². The fourth-order valence-corrected chi connectivity index (χ4v) is 9.12. The largest absolute Gasteiger partial charge is 0.458 e. The molecule has 320 valence electrons. The minimum atomic E-state index is -2.14. The Morgan fingerprint density at radius 3 is 1.93 bits per heavy atom. The summed E-state index contributed by atoms with van der Waals surface area (Å²) in [6.45, 7) is 12.5. The van der Waals surface area contributed by atoms with E-state index in [-0.39, 0.29) is 17.5 Å². The van der Waals surface area contributed by atoms with Crippen molar-refractivity contribution in [3.63, 3.8) is 0 Å². The molecule has 0 aromatic heterocycles. The molecular weight excluding hydrogens is 759 g/mol. The van der Waals surface area contributed by atoms with Gasteiger partial charge in [0.1, 0.15) is 5.60 Å². The van der Waals surface area contributed by atoms with Gasteiger partial charge in [0.25, 0.3) is 5.17 Å². The van der Waals surface area contributed by atoms with Gasteiger partial charge in [0.05, 0.1) is 25.2 Å². The molecule has 0 spiro atoms. The van der Waals surface area contributed by atoms with E-state index in [1.807, 2.05) is 87.5 Å². The average Bonchev–Trinajstić information content (AvgIpc) is 3.82. The van der Waals surface area contributed by atoms with Crippen LogP contribution >= 0.6 is 12.2 Å². The fraction of sp³-hybridized carbons (Fsp3) is 0.540. The van der Waals surface area contributed by atoms with Gasteiger partial charge in [-0.3, -0.25) is 9.69 Å². The van der Waals surface area contributed by atoms with Crippen LogP contribution in [-0.2, 0) is 40.6 Å². The SMILES string of the molecule is CCC[C@@](O)(C(=O)OC(C)(C)C)[C@H](/C=C/CCCCCCC1(CCCCc2ccccc2)OCCO1)C(=O)N1C(=S)OC(c2ccccc2)(c2ccccc2)[C@@H]1C(C)C. The predicted molar refractivity (Wildman–Crippen MR) is 237 cm³/mol. The minimum absolute atomic E-state index is 0.00651. The number of amides is 1. The van der Waals surface area contributed by atoms with E-state index in [1.54, 1.807) is 26.8 Å². The number of hydrogen-bond donors (Lipinski definition) is 1. The molecule has 2 heterocycles. The van der Waals surface area contributed by atoms with Crippen molar-refractivity contribution in [1.82, 2.24) is 4.90 Å². The Hall–Kier alpha value is -3.89. The zero-order valence-electron chi connectivity index (χ0n) is 36.2. The lowest BCUT2D eigenvalue weighted by Gasteiger charge is -2.40.